The molecule has 0 aliphatic carbocycles. The molecule has 0 saturated heterocycles. The smallest absolute Gasteiger partial charge is 0.335 e. The highest BCUT2D eigenvalue weighted by Gasteiger charge is 2.22. The number of rotatable bonds is 4. The standard InChI is InChI=1S/C22H24N4O2/c1-25(2)17-9-5-7-15(13-17)20-19-11-3-4-12-23-21(19)26(24-20)18-10-6-8-16(14-18)22(27)28/h5-10,13-14,23H,3-4,11-12H2,1-2H3,(H,27,28). The molecular formula is C22H24N4O2. The first-order chi connectivity index (χ1) is 13.5. The number of benzene rings is 2. The lowest BCUT2D eigenvalue weighted by Crippen LogP contribution is -2.08. The second-order valence-corrected chi connectivity index (χ2v) is 7.27. The minimum Gasteiger partial charge on any atom is -0.478 e. The molecule has 28 heavy (non-hydrogen) atoms. The van der Waals surface area contributed by atoms with Gasteiger partial charge in [0.25, 0.3) is 0 Å². The van der Waals surface area contributed by atoms with Crippen LogP contribution in [-0.4, -0.2) is 41.5 Å². The number of anilines is 2. The summed E-state index contributed by atoms with van der Waals surface area (Å²) < 4.78 is 1.85. The summed E-state index contributed by atoms with van der Waals surface area (Å²) in [5.74, 6) is 0.0252. The van der Waals surface area contributed by atoms with Gasteiger partial charge in [0.2, 0.25) is 0 Å². The molecule has 0 bridgehead atoms. The number of hydrogen-bond donors (Lipinski definition) is 2. The van der Waals surface area contributed by atoms with Gasteiger partial charge in [0.15, 0.2) is 0 Å². The Balaban J connectivity index is 1.88. The number of aromatic carboxylic acids is 1. The van der Waals surface area contributed by atoms with E-state index in [1.54, 1.807) is 18.2 Å². The lowest BCUT2D eigenvalue weighted by Gasteiger charge is -2.13. The second kappa shape index (κ2) is 7.38. The third-order valence-electron chi connectivity index (χ3n) is 5.10. The highest BCUT2D eigenvalue weighted by molar-refractivity contribution is 5.88. The van der Waals surface area contributed by atoms with Gasteiger partial charge >= 0.3 is 5.97 Å². The van der Waals surface area contributed by atoms with E-state index in [9.17, 15) is 9.90 Å². The third-order valence-corrected chi connectivity index (χ3v) is 5.10. The molecule has 2 aromatic carbocycles. The van der Waals surface area contributed by atoms with Crippen molar-refractivity contribution in [2.24, 2.45) is 0 Å². The maximum Gasteiger partial charge on any atom is 0.335 e. The molecule has 144 valence electrons. The van der Waals surface area contributed by atoms with Crippen molar-refractivity contribution in [1.82, 2.24) is 9.78 Å². The zero-order valence-corrected chi connectivity index (χ0v) is 16.1. The molecule has 0 radical (unpaired) electrons. The van der Waals surface area contributed by atoms with Gasteiger partial charge in [-0.25, -0.2) is 9.48 Å². The maximum atomic E-state index is 11.4. The fourth-order valence-electron chi connectivity index (χ4n) is 3.62. The van der Waals surface area contributed by atoms with Gasteiger partial charge in [-0.15, -0.1) is 0 Å². The van der Waals surface area contributed by atoms with Gasteiger partial charge in [-0.05, 0) is 49.6 Å². The topological polar surface area (TPSA) is 70.4 Å². The van der Waals surface area contributed by atoms with Crippen LogP contribution >= 0.6 is 0 Å². The quantitative estimate of drug-likeness (QED) is 0.719. The van der Waals surface area contributed by atoms with E-state index in [2.05, 4.69) is 28.4 Å². The fourth-order valence-corrected chi connectivity index (χ4v) is 3.62. The van der Waals surface area contributed by atoms with Crippen LogP contribution in [0.1, 0.15) is 28.8 Å². The van der Waals surface area contributed by atoms with E-state index in [0.717, 1.165) is 54.3 Å². The second-order valence-electron chi connectivity index (χ2n) is 7.27. The summed E-state index contributed by atoms with van der Waals surface area (Å²) >= 11 is 0. The van der Waals surface area contributed by atoms with E-state index in [4.69, 9.17) is 5.10 Å². The van der Waals surface area contributed by atoms with E-state index in [-0.39, 0.29) is 5.56 Å². The first-order valence-corrected chi connectivity index (χ1v) is 9.52. The fraction of sp³-hybridized carbons (Fsp3) is 0.273. The van der Waals surface area contributed by atoms with Crippen LogP contribution in [0.2, 0.25) is 0 Å². The molecule has 0 saturated carbocycles. The summed E-state index contributed by atoms with van der Waals surface area (Å²) in [7, 11) is 4.05. The van der Waals surface area contributed by atoms with Gasteiger partial charge in [0.1, 0.15) is 5.82 Å². The molecule has 1 aromatic heterocycles. The molecule has 1 aliphatic heterocycles. The summed E-state index contributed by atoms with van der Waals surface area (Å²) in [4.78, 5) is 13.5. The largest absolute Gasteiger partial charge is 0.478 e. The summed E-state index contributed by atoms with van der Waals surface area (Å²) in [6.45, 7) is 0.883. The van der Waals surface area contributed by atoms with Crippen molar-refractivity contribution in [2.75, 3.05) is 30.9 Å². The molecule has 6 heteroatoms. The predicted octanol–water partition coefficient (Wildman–Crippen LogP) is 4.05. The molecule has 0 amide bonds. The zero-order chi connectivity index (χ0) is 19.7. The number of fused-ring (bicyclic) bond motifs is 1. The molecule has 0 spiro atoms. The van der Waals surface area contributed by atoms with Gasteiger partial charge < -0.3 is 15.3 Å². The summed E-state index contributed by atoms with van der Waals surface area (Å²) in [5, 5.41) is 17.8. The summed E-state index contributed by atoms with van der Waals surface area (Å²) in [6, 6.07) is 15.3. The van der Waals surface area contributed by atoms with Gasteiger partial charge in [0, 0.05) is 37.5 Å². The number of carboxylic acid groups (broad SMARTS) is 1. The van der Waals surface area contributed by atoms with Crippen molar-refractivity contribution in [1.29, 1.82) is 0 Å². The molecule has 4 rings (SSSR count). The first kappa shape index (κ1) is 18.1. The molecule has 0 atom stereocenters. The number of nitrogens with one attached hydrogen (secondary N) is 1. The molecule has 2 N–H and O–H groups in total. The van der Waals surface area contributed by atoms with Crippen LogP contribution in [0.25, 0.3) is 16.9 Å². The average Bonchev–Trinajstić information content (AvgIpc) is 2.89. The Hall–Kier alpha value is -3.28. The summed E-state index contributed by atoms with van der Waals surface area (Å²) in [6.07, 6.45) is 3.14. The minimum absolute atomic E-state index is 0.256. The Labute approximate surface area is 164 Å². The van der Waals surface area contributed by atoms with Gasteiger partial charge in [0.05, 0.1) is 16.9 Å². The monoisotopic (exact) mass is 376 g/mol. The van der Waals surface area contributed by atoms with Crippen LogP contribution in [0.15, 0.2) is 48.5 Å². The van der Waals surface area contributed by atoms with E-state index < -0.39 is 5.97 Å². The van der Waals surface area contributed by atoms with Crippen molar-refractivity contribution in [3.05, 3.63) is 59.7 Å². The Bertz CT molecular complexity index is 1020. The Morgan fingerprint density at radius 1 is 1.14 bits per heavy atom. The van der Waals surface area contributed by atoms with Gasteiger partial charge in [-0.1, -0.05) is 18.2 Å². The van der Waals surface area contributed by atoms with Crippen LogP contribution in [0.4, 0.5) is 11.5 Å². The van der Waals surface area contributed by atoms with E-state index in [0.29, 0.717) is 0 Å². The Morgan fingerprint density at radius 2 is 1.96 bits per heavy atom. The molecule has 0 fully saturated rings. The van der Waals surface area contributed by atoms with E-state index in [1.807, 2.05) is 30.9 Å². The molecule has 1 aliphatic rings. The highest BCUT2D eigenvalue weighted by atomic mass is 16.4. The van der Waals surface area contributed by atoms with Crippen molar-refractivity contribution in [3.8, 4) is 16.9 Å². The number of hydrogen-bond acceptors (Lipinski definition) is 4. The SMILES string of the molecule is CN(C)c1cccc(-c2nn(-c3cccc(C(=O)O)c3)c3c2CCCCN3)c1. The Kier molecular flexibility index (Phi) is 4.77. The van der Waals surface area contributed by atoms with Gasteiger partial charge in [-0.2, -0.15) is 5.10 Å². The number of aromatic nitrogens is 2. The van der Waals surface area contributed by atoms with Crippen molar-refractivity contribution >= 4 is 17.5 Å². The summed E-state index contributed by atoms with van der Waals surface area (Å²) in [5.41, 5.74) is 5.34. The molecule has 6 nitrogen and oxygen atoms in total. The zero-order valence-electron chi connectivity index (χ0n) is 16.1. The van der Waals surface area contributed by atoms with Crippen LogP contribution in [0, 0.1) is 0 Å². The molecule has 3 aromatic rings. The maximum absolute atomic E-state index is 11.4. The van der Waals surface area contributed by atoms with E-state index >= 15 is 0 Å². The number of nitrogens with zero attached hydrogens (tertiary/aromatic N) is 3. The third kappa shape index (κ3) is 3.33. The Morgan fingerprint density at radius 3 is 2.75 bits per heavy atom. The molecule has 0 unspecified atom stereocenters. The molecule has 2 heterocycles. The minimum atomic E-state index is -0.938. The number of carboxylic acids is 1. The first-order valence-electron chi connectivity index (χ1n) is 9.52. The lowest BCUT2D eigenvalue weighted by atomic mass is 10.0. The van der Waals surface area contributed by atoms with Crippen molar-refractivity contribution < 1.29 is 9.90 Å². The van der Waals surface area contributed by atoms with Crippen LogP contribution in [0.5, 0.6) is 0 Å². The normalized spacial score (nSPS) is 13.4. The van der Waals surface area contributed by atoms with Gasteiger partial charge in [-0.3, -0.25) is 0 Å². The van der Waals surface area contributed by atoms with Crippen LogP contribution < -0.4 is 10.2 Å². The predicted molar refractivity (Wildman–Crippen MR) is 112 cm³/mol. The number of carbonyl (C=O) groups is 1. The molecular weight excluding hydrogens is 352 g/mol. The van der Waals surface area contributed by atoms with E-state index in [1.165, 1.54) is 5.56 Å². The van der Waals surface area contributed by atoms with Crippen LogP contribution in [0.3, 0.4) is 0 Å². The lowest BCUT2D eigenvalue weighted by molar-refractivity contribution is 0.0697. The van der Waals surface area contributed by atoms with Crippen molar-refractivity contribution in [3.63, 3.8) is 0 Å². The van der Waals surface area contributed by atoms with Crippen molar-refractivity contribution in [2.45, 2.75) is 19.3 Å². The van der Waals surface area contributed by atoms with Crippen LogP contribution in [-0.2, 0) is 6.42 Å². The highest BCUT2D eigenvalue weighted by Crippen LogP contribution is 2.35. The average molecular weight is 376 g/mol.